The maximum atomic E-state index is 10.8. The summed E-state index contributed by atoms with van der Waals surface area (Å²) in [6.45, 7) is 5.46. The van der Waals surface area contributed by atoms with E-state index in [0.717, 1.165) is 0 Å². The van der Waals surface area contributed by atoms with Gasteiger partial charge >= 0.3 is 0 Å². The second-order valence-electron chi connectivity index (χ2n) is 2.25. The predicted octanol–water partition coefficient (Wildman–Crippen LogP) is 1.45. The summed E-state index contributed by atoms with van der Waals surface area (Å²) in [4.78, 5) is 17.4. The molecule has 0 spiro atoms. The first-order valence-electron chi connectivity index (χ1n) is 3.62. The Balaban J connectivity index is 3.30. The van der Waals surface area contributed by atoms with Gasteiger partial charge in [-0.05, 0) is 19.1 Å². The van der Waals surface area contributed by atoms with Crippen LogP contribution in [0.4, 0.5) is 0 Å². The SMILES string of the molecule is C=Cc1ncc(=O)[nH]c1/C=C\C. The number of allylic oxidation sites excluding steroid dienone is 1. The summed E-state index contributed by atoms with van der Waals surface area (Å²) in [5.41, 5.74) is 1.18. The van der Waals surface area contributed by atoms with Gasteiger partial charge in [0.1, 0.15) is 0 Å². The summed E-state index contributed by atoms with van der Waals surface area (Å²) in [6, 6.07) is 0. The van der Waals surface area contributed by atoms with Gasteiger partial charge in [0.05, 0.1) is 17.6 Å². The van der Waals surface area contributed by atoms with Crippen molar-refractivity contribution in [3.63, 3.8) is 0 Å². The van der Waals surface area contributed by atoms with Crippen molar-refractivity contribution in [2.45, 2.75) is 6.92 Å². The third-order valence-corrected chi connectivity index (χ3v) is 1.38. The van der Waals surface area contributed by atoms with Crippen LogP contribution in [0.5, 0.6) is 0 Å². The molecule has 3 heteroatoms. The Morgan fingerprint density at radius 2 is 2.42 bits per heavy atom. The maximum absolute atomic E-state index is 10.8. The average molecular weight is 162 g/mol. The van der Waals surface area contributed by atoms with Crippen LogP contribution in [0.2, 0.25) is 0 Å². The van der Waals surface area contributed by atoms with Crippen LogP contribution in [0.1, 0.15) is 18.3 Å². The number of hydrogen-bond acceptors (Lipinski definition) is 2. The minimum Gasteiger partial charge on any atom is -0.319 e. The van der Waals surface area contributed by atoms with Gasteiger partial charge in [0, 0.05) is 0 Å². The zero-order valence-corrected chi connectivity index (χ0v) is 6.87. The topological polar surface area (TPSA) is 45.8 Å². The zero-order chi connectivity index (χ0) is 8.97. The van der Waals surface area contributed by atoms with Crippen LogP contribution >= 0.6 is 0 Å². The molecule has 1 rings (SSSR count). The third-order valence-electron chi connectivity index (χ3n) is 1.38. The molecule has 0 aliphatic rings. The molecule has 0 unspecified atom stereocenters. The normalized spacial score (nSPS) is 10.4. The molecule has 0 atom stereocenters. The molecule has 12 heavy (non-hydrogen) atoms. The standard InChI is InChI=1S/C9H10N2O/c1-3-5-8-7(4-2)10-6-9(12)11-8/h3-6H,2H2,1H3,(H,11,12)/b5-3-. The highest BCUT2D eigenvalue weighted by Crippen LogP contribution is 2.02. The highest BCUT2D eigenvalue weighted by molar-refractivity contribution is 5.57. The molecule has 1 N–H and O–H groups in total. The lowest BCUT2D eigenvalue weighted by Crippen LogP contribution is -2.08. The molecule has 0 radical (unpaired) electrons. The molecule has 0 aromatic carbocycles. The van der Waals surface area contributed by atoms with Crippen LogP contribution in [0.25, 0.3) is 12.2 Å². The number of aromatic nitrogens is 2. The fraction of sp³-hybridized carbons (Fsp3) is 0.111. The van der Waals surface area contributed by atoms with Crippen LogP contribution in [-0.4, -0.2) is 9.97 Å². The number of nitrogens with one attached hydrogen (secondary N) is 1. The lowest BCUT2D eigenvalue weighted by Gasteiger charge is -1.96. The van der Waals surface area contributed by atoms with Crippen LogP contribution in [0.15, 0.2) is 23.6 Å². The fourth-order valence-corrected chi connectivity index (χ4v) is 0.883. The highest BCUT2D eigenvalue weighted by Gasteiger charge is 1.95. The Morgan fingerprint density at radius 3 is 3.00 bits per heavy atom. The summed E-state index contributed by atoms with van der Waals surface area (Å²) in [7, 11) is 0. The molecular weight excluding hydrogens is 152 g/mol. The number of H-pyrrole nitrogens is 1. The molecule has 0 saturated heterocycles. The molecule has 62 valence electrons. The van der Waals surface area contributed by atoms with E-state index in [9.17, 15) is 4.79 Å². The van der Waals surface area contributed by atoms with E-state index in [2.05, 4.69) is 16.5 Å². The van der Waals surface area contributed by atoms with Crippen molar-refractivity contribution < 1.29 is 0 Å². The Labute approximate surface area is 70.5 Å². The van der Waals surface area contributed by atoms with Crippen molar-refractivity contribution in [1.82, 2.24) is 9.97 Å². The number of rotatable bonds is 2. The summed E-state index contributed by atoms with van der Waals surface area (Å²) < 4.78 is 0. The third kappa shape index (κ3) is 1.69. The molecule has 0 aliphatic heterocycles. The van der Waals surface area contributed by atoms with Gasteiger partial charge in [-0.15, -0.1) is 0 Å². The molecule has 0 saturated carbocycles. The molecule has 1 aromatic heterocycles. The monoisotopic (exact) mass is 162 g/mol. The Bertz CT molecular complexity index is 363. The fourth-order valence-electron chi connectivity index (χ4n) is 0.883. The Kier molecular flexibility index (Phi) is 2.58. The molecule has 1 heterocycles. The summed E-state index contributed by atoms with van der Waals surface area (Å²) in [5.74, 6) is 0. The van der Waals surface area contributed by atoms with Crippen LogP contribution in [0, 0.1) is 0 Å². The van der Waals surface area contributed by atoms with E-state index in [1.165, 1.54) is 6.20 Å². The van der Waals surface area contributed by atoms with Crippen molar-refractivity contribution in [2.75, 3.05) is 0 Å². The van der Waals surface area contributed by atoms with Gasteiger partial charge in [0.25, 0.3) is 5.56 Å². The first-order valence-corrected chi connectivity index (χ1v) is 3.62. The van der Waals surface area contributed by atoms with E-state index in [1.807, 2.05) is 13.0 Å². The van der Waals surface area contributed by atoms with E-state index in [0.29, 0.717) is 11.4 Å². The highest BCUT2D eigenvalue weighted by atomic mass is 16.1. The molecule has 0 bridgehead atoms. The number of hydrogen-bond donors (Lipinski definition) is 1. The number of nitrogens with zero attached hydrogens (tertiary/aromatic N) is 1. The van der Waals surface area contributed by atoms with E-state index < -0.39 is 0 Å². The minimum absolute atomic E-state index is 0.200. The van der Waals surface area contributed by atoms with Crippen molar-refractivity contribution >= 4 is 12.2 Å². The van der Waals surface area contributed by atoms with E-state index in [-0.39, 0.29) is 5.56 Å². The van der Waals surface area contributed by atoms with Crippen molar-refractivity contribution in [2.24, 2.45) is 0 Å². The second-order valence-corrected chi connectivity index (χ2v) is 2.25. The van der Waals surface area contributed by atoms with Crippen LogP contribution in [0.3, 0.4) is 0 Å². The largest absolute Gasteiger partial charge is 0.319 e. The maximum Gasteiger partial charge on any atom is 0.266 e. The van der Waals surface area contributed by atoms with Gasteiger partial charge in [0.2, 0.25) is 0 Å². The smallest absolute Gasteiger partial charge is 0.266 e. The molecule has 0 fully saturated rings. The van der Waals surface area contributed by atoms with Crippen molar-refractivity contribution in [1.29, 1.82) is 0 Å². The summed E-state index contributed by atoms with van der Waals surface area (Å²) in [6.07, 6.45) is 6.46. The van der Waals surface area contributed by atoms with Gasteiger partial charge in [-0.2, -0.15) is 0 Å². The first-order chi connectivity index (χ1) is 5.77. The first kappa shape index (κ1) is 8.46. The lowest BCUT2D eigenvalue weighted by molar-refractivity contribution is 1.10. The van der Waals surface area contributed by atoms with Gasteiger partial charge in [-0.1, -0.05) is 12.7 Å². The van der Waals surface area contributed by atoms with E-state index in [1.54, 1.807) is 12.2 Å². The molecule has 1 aromatic rings. The molecular formula is C9H10N2O. The van der Waals surface area contributed by atoms with Gasteiger partial charge in [-0.3, -0.25) is 4.79 Å². The van der Waals surface area contributed by atoms with Crippen LogP contribution in [-0.2, 0) is 0 Å². The quantitative estimate of drug-likeness (QED) is 0.715. The van der Waals surface area contributed by atoms with Crippen molar-refractivity contribution in [3.05, 3.63) is 40.6 Å². The van der Waals surface area contributed by atoms with Crippen molar-refractivity contribution in [3.8, 4) is 0 Å². The Hall–Kier alpha value is -1.64. The summed E-state index contributed by atoms with van der Waals surface area (Å²) >= 11 is 0. The van der Waals surface area contributed by atoms with Gasteiger partial charge in [-0.25, -0.2) is 4.98 Å². The Morgan fingerprint density at radius 1 is 1.67 bits per heavy atom. The zero-order valence-electron chi connectivity index (χ0n) is 6.87. The van der Waals surface area contributed by atoms with E-state index in [4.69, 9.17) is 0 Å². The number of aromatic amines is 1. The van der Waals surface area contributed by atoms with Gasteiger partial charge < -0.3 is 4.98 Å². The van der Waals surface area contributed by atoms with Crippen LogP contribution < -0.4 is 5.56 Å². The predicted molar refractivity (Wildman–Crippen MR) is 49.7 cm³/mol. The van der Waals surface area contributed by atoms with E-state index >= 15 is 0 Å². The second kappa shape index (κ2) is 3.67. The lowest BCUT2D eigenvalue weighted by atomic mass is 10.3. The summed E-state index contributed by atoms with van der Waals surface area (Å²) in [5, 5.41) is 0. The molecule has 3 nitrogen and oxygen atoms in total. The molecule has 0 aliphatic carbocycles. The minimum atomic E-state index is -0.200. The molecule has 0 amide bonds. The average Bonchev–Trinajstić information content (AvgIpc) is 2.05. The van der Waals surface area contributed by atoms with Gasteiger partial charge in [0.15, 0.2) is 0 Å².